The van der Waals surface area contributed by atoms with Gasteiger partial charge in [0.2, 0.25) is 5.91 Å². The summed E-state index contributed by atoms with van der Waals surface area (Å²) in [5.74, 6) is -0.321. The highest BCUT2D eigenvalue weighted by atomic mass is 19.1. The van der Waals surface area contributed by atoms with Gasteiger partial charge in [-0.25, -0.2) is 14.2 Å². The zero-order valence-electron chi connectivity index (χ0n) is 16.5. The van der Waals surface area contributed by atoms with Gasteiger partial charge < -0.3 is 15.0 Å². The summed E-state index contributed by atoms with van der Waals surface area (Å²) >= 11 is 0. The highest BCUT2D eigenvalue weighted by molar-refractivity contribution is 5.92. The highest BCUT2D eigenvalue weighted by Crippen LogP contribution is 2.49. The first-order valence-electron chi connectivity index (χ1n) is 9.85. The monoisotopic (exact) mass is 408 g/mol. The number of carbonyl (C=O) groups excluding carboxylic acids is 2. The van der Waals surface area contributed by atoms with Crippen molar-refractivity contribution in [2.45, 2.75) is 31.2 Å². The Hall–Kier alpha value is -3.47. The molecule has 0 spiro atoms. The second kappa shape index (κ2) is 7.75. The minimum atomic E-state index is -0.742. The molecule has 154 valence electrons. The van der Waals surface area contributed by atoms with Gasteiger partial charge in [-0.15, -0.1) is 0 Å². The molecule has 1 saturated heterocycles. The molecule has 2 heterocycles. The fraction of sp³-hybridized carbons (Fsp3) is 0.364. The number of amides is 1. The second-order valence-corrected chi connectivity index (χ2v) is 7.62. The number of rotatable bonds is 6. The summed E-state index contributed by atoms with van der Waals surface area (Å²) in [7, 11) is 0. The molecule has 1 amide bonds. The summed E-state index contributed by atoms with van der Waals surface area (Å²) in [6.45, 7) is 3.25. The van der Waals surface area contributed by atoms with Crippen molar-refractivity contribution < 1.29 is 18.7 Å². The lowest BCUT2D eigenvalue weighted by Gasteiger charge is -2.41. The third kappa shape index (κ3) is 3.71. The van der Waals surface area contributed by atoms with E-state index in [-0.39, 0.29) is 17.5 Å². The van der Waals surface area contributed by atoms with Gasteiger partial charge in [-0.3, -0.25) is 4.79 Å². The molecule has 2 fully saturated rings. The molecule has 4 rings (SSSR count). The Balaban J connectivity index is 1.35. The van der Waals surface area contributed by atoms with Crippen LogP contribution in [-0.2, 0) is 14.9 Å². The molecular formula is C22H21FN4O3. The Kier molecular flexibility index (Phi) is 5.12. The number of halogens is 1. The number of ether oxygens (including phenoxy) is 1. The summed E-state index contributed by atoms with van der Waals surface area (Å²) in [5, 5.41) is 12.1. The molecule has 0 atom stereocenters. The maximum absolute atomic E-state index is 13.8. The van der Waals surface area contributed by atoms with E-state index >= 15 is 0 Å². The van der Waals surface area contributed by atoms with Gasteiger partial charge >= 0.3 is 5.97 Å². The van der Waals surface area contributed by atoms with E-state index in [1.54, 1.807) is 25.1 Å². The summed E-state index contributed by atoms with van der Waals surface area (Å²) in [5.41, 5.74) is 0.432. The van der Waals surface area contributed by atoms with Crippen LogP contribution >= 0.6 is 0 Å². The SMILES string of the molecule is CCOC(=O)c1ccc(N2CC(NC(=O)C3(c4cc(F)cc(C#N)c4)CC3)C2)nc1. The van der Waals surface area contributed by atoms with Crippen LogP contribution in [0.25, 0.3) is 0 Å². The van der Waals surface area contributed by atoms with Crippen LogP contribution in [0.5, 0.6) is 0 Å². The van der Waals surface area contributed by atoms with Crippen LogP contribution in [-0.4, -0.2) is 42.6 Å². The molecule has 1 aliphatic carbocycles. The van der Waals surface area contributed by atoms with Crippen molar-refractivity contribution in [1.29, 1.82) is 5.26 Å². The third-order valence-corrected chi connectivity index (χ3v) is 5.56. The number of nitriles is 1. The number of hydrogen-bond acceptors (Lipinski definition) is 6. The molecule has 30 heavy (non-hydrogen) atoms. The van der Waals surface area contributed by atoms with Crippen molar-refractivity contribution in [3.8, 4) is 6.07 Å². The fourth-order valence-corrected chi connectivity index (χ4v) is 3.69. The van der Waals surface area contributed by atoms with Gasteiger partial charge in [0.25, 0.3) is 0 Å². The fourth-order valence-electron chi connectivity index (χ4n) is 3.69. The Morgan fingerprint density at radius 2 is 2.10 bits per heavy atom. The number of hydrogen-bond donors (Lipinski definition) is 1. The van der Waals surface area contributed by atoms with Crippen molar-refractivity contribution in [2.75, 3.05) is 24.6 Å². The zero-order chi connectivity index (χ0) is 21.3. The second-order valence-electron chi connectivity index (χ2n) is 7.62. The topological polar surface area (TPSA) is 95.3 Å². The number of pyridine rings is 1. The number of aromatic nitrogens is 1. The maximum Gasteiger partial charge on any atom is 0.339 e. The highest BCUT2D eigenvalue weighted by Gasteiger charge is 2.52. The first-order chi connectivity index (χ1) is 14.4. The van der Waals surface area contributed by atoms with Gasteiger partial charge in [-0.1, -0.05) is 0 Å². The van der Waals surface area contributed by atoms with E-state index < -0.39 is 17.2 Å². The first-order valence-corrected chi connectivity index (χ1v) is 9.85. The molecule has 1 aromatic heterocycles. The van der Waals surface area contributed by atoms with Gasteiger partial charge in [0.05, 0.1) is 35.3 Å². The molecule has 0 unspecified atom stereocenters. The minimum absolute atomic E-state index is 0.0366. The van der Waals surface area contributed by atoms with Crippen LogP contribution in [0.4, 0.5) is 10.2 Å². The van der Waals surface area contributed by atoms with Crippen LogP contribution in [0.15, 0.2) is 36.5 Å². The van der Waals surface area contributed by atoms with Crippen molar-refractivity contribution in [3.63, 3.8) is 0 Å². The molecule has 2 aromatic rings. The average molecular weight is 408 g/mol. The maximum atomic E-state index is 13.8. The van der Waals surface area contributed by atoms with E-state index in [1.807, 2.05) is 11.0 Å². The molecule has 1 aliphatic heterocycles. The largest absolute Gasteiger partial charge is 0.462 e. The van der Waals surface area contributed by atoms with Gasteiger partial charge in [0.15, 0.2) is 0 Å². The molecular weight excluding hydrogens is 387 g/mol. The molecule has 1 saturated carbocycles. The van der Waals surface area contributed by atoms with E-state index in [1.165, 1.54) is 18.3 Å². The van der Waals surface area contributed by atoms with E-state index in [4.69, 9.17) is 10.00 Å². The Bertz CT molecular complexity index is 1020. The Morgan fingerprint density at radius 1 is 1.33 bits per heavy atom. The van der Waals surface area contributed by atoms with Gasteiger partial charge in [-0.2, -0.15) is 5.26 Å². The molecule has 7 nitrogen and oxygen atoms in total. The summed E-state index contributed by atoms with van der Waals surface area (Å²) in [6.07, 6.45) is 2.76. The van der Waals surface area contributed by atoms with Crippen molar-refractivity contribution in [2.24, 2.45) is 0 Å². The van der Waals surface area contributed by atoms with Crippen LogP contribution in [0.2, 0.25) is 0 Å². The Morgan fingerprint density at radius 3 is 2.70 bits per heavy atom. The number of benzene rings is 1. The quantitative estimate of drug-likeness (QED) is 0.737. The lowest BCUT2D eigenvalue weighted by molar-refractivity contribution is -0.124. The van der Waals surface area contributed by atoms with Crippen LogP contribution in [0.1, 0.15) is 41.3 Å². The third-order valence-electron chi connectivity index (χ3n) is 5.56. The van der Waals surface area contributed by atoms with Gasteiger partial charge in [0.1, 0.15) is 11.6 Å². The smallest absolute Gasteiger partial charge is 0.339 e. The minimum Gasteiger partial charge on any atom is -0.462 e. The molecule has 2 aliphatic rings. The summed E-state index contributed by atoms with van der Waals surface area (Å²) in [6, 6.07) is 9.43. The van der Waals surface area contributed by atoms with Crippen LogP contribution in [0, 0.1) is 17.1 Å². The number of anilines is 1. The average Bonchev–Trinajstić information content (AvgIpc) is 3.52. The molecule has 1 N–H and O–H groups in total. The lowest BCUT2D eigenvalue weighted by atomic mass is 9.92. The van der Waals surface area contributed by atoms with Gasteiger partial charge in [-0.05, 0) is 55.7 Å². The summed E-state index contributed by atoms with van der Waals surface area (Å²) in [4.78, 5) is 30.9. The van der Waals surface area contributed by atoms with E-state index in [2.05, 4.69) is 10.3 Å². The van der Waals surface area contributed by atoms with Crippen molar-refractivity contribution >= 4 is 17.7 Å². The predicted molar refractivity (Wildman–Crippen MR) is 106 cm³/mol. The molecule has 0 bridgehead atoms. The van der Waals surface area contributed by atoms with Crippen LogP contribution < -0.4 is 10.2 Å². The predicted octanol–water partition coefficient (Wildman–Crippen LogP) is 2.31. The molecule has 0 radical (unpaired) electrons. The normalized spacial score (nSPS) is 16.9. The first kappa shape index (κ1) is 19.8. The molecule has 1 aromatic carbocycles. The number of carbonyl (C=O) groups is 2. The Labute approximate surface area is 173 Å². The van der Waals surface area contributed by atoms with E-state index in [0.717, 1.165) is 5.82 Å². The van der Waals surface area contributed by atoms with Gasteiger partial charge in [0, 0.05) is 19.3 Å². The number of nitrogens with zero attached hydrogens (tertiary/aromatic N) is 3. The van der Waals surface area contributed by atoms with Crippen molar-refractivity contribution in [1.82, 2.24) is 10.3 Å². The number of nitrogens with one attached hydrogen (secondary N) is 1. The van der Waals surface area contributed by atoms with E-state index in [9.17, 15) is 14.0 Å². The summed E-state index contributed by atoms with van der Waals surface area (Å²) < 4.78 is 18.8. The standard InChI is InChI=1S/C22H21FN4O3/c1-2-30-20(28)15-3-4-19(25-11-15)27-12-18(13-27)26-21(29)22(5-6-22)16-7-14(10-24)8-17(23)9-16/h3-4,7-9,11,18H,2,5-6,12-13H2,1H3,(H,26,29). The zero-order valence-corrected chi connectivity index (χ0v) is 16.5. The molecule has 8 heteroatoms. The lowest BCUT2D eigenvalue weighted by Crippen LogP contribution is -2.61. The van der Waals surface area contributed by atoms with E-state index in [0.29, 0.717) is 43.7 Å². The number of esters is 1. The van der Waals surface area contributed by atoms with Crippen molar-refractivity contribution in [3.05, 3.63) is 59.0 Å². The van der Waals surface area contributed by atoms with Crippen LogP contribution in [0.3, 0.4) is 0 Å².